The Kier molecular flexibility index (Phi) is 3.37. The highest BCUT2D eigenvalue weighted by atomic mass is 32.2. The van der Waals surface area contributed by atoms with Crippen LogP contribution in [0.4, 0.5) is 0 Å². The molecule has 1 fully saturated rings. The molecule has 2 unspecified atom stereocenters. The summed E-state index contributed by atoms with van der Waals surface area (Å²) >= 11 is 0. The van der Waals surface area contributed by atoms with Crippen LogP contribution in [0.3, 0.4) is 0 Å². The quantitative estimate of drug-likeness (QED) is 0.888. The van der Waals surface area contributed by atoms with E-state index >= 15 is 0 Å². The number of hydrogen-bond donors (Lipinski definition) is 1. The Morgan fingerprint density at radius 3 is 2.84 bits per heavy atom. The lowest BCUT2D eigenvalue weighted by molar-refractivity contribution is 0.122. The van der Waals surface area contributed by atoms with Crippen molar-refractivity contribution in [1.82, 2.24) is 9.62 Å². The lowest BCUT2D eigenvalue weighted by Gasteiger charge is -2.43. The van der Waals surface area contributed by atoms with Crippen LogP contribution in [0.5, 0.6) is 0 Å². The summed E-state index contributed by atoms with van der Waals surface area (Å²) in [6, 6.07) is 9.00. The van der Waals surface area contributed by atoms with Crippen molar-refractivity contribution in [2.24, 2.45) is 0 Å². The van der Waals surface area contributed by atoms with Gasteiger partial charge in [-0.1, -0.05) is 24.3 Å². The predicted octanol–water partition coefficient (Wildman–Crippen LogP) is 1.30. The Morgan fingerprint density at radius 2 is 2.05 bits per heavy atom. The van der Waals surface area contributed by atoms with Crippen LogP contribution in [-0.2, 0) is 16.4 Å². The molecule has 0 aromatic heterocycles. The molecule has 1 aromatic carbocycles. The summed E-state index contributed by atoms with van der Waals surface area (Å²) in [7, 11) is -3.11. The fraction of sp³-hybridized carbons (Fsp3) is 0.571. The fourth-order valence-electron chi connectivity index (χ4n) is 3.37. The molecule has 104 valence electrons. The van der Waals surface area contributed by atoms with E-state index in [-0.39, 0.29) is 6.04 Å². The lowest BCUT2D eigenvalue weighted by Crippen LogP contribution is -2.48. The van der Waals surface area contributed by atoms with Crippen LogP contribution >= 0.6 is 0 Å². The van der Waals surface area contributed by atoms with Gasteiger partial charge in [0, 0.05) is 25.2 Å². The molecule has 2 aliphatic rings. The van der Waals surface area contributed by atoms with E-state index in [1.54, 1.807) is 0 Å². The number of benzene rings is 1. The molecule has 1 N–H and O–H groups in total. The van der Waals surface area contributed by atoms with Crippen LogP contribution in [0.15, 0.2) is 24.3 Å². The van der Waals surface area contributed by atoms with Gasteiger partial charge in [-0.15, -0.1) is 0 Å². The molecule has 3 rings (SSSR count). The Morgan fingerprint density at radius 1 is 1.26 bits per heavy atom. The molecular weight excluding hydrogens is 260 g/mol. The molecule has 5 heteroatoms. The van der Waals surface area contributed by atoms with Gasteiger partial charge in [0.2, 0.25) is 10.0 Å². The molecule has 2 aliphatic heterocycles. The van der Waals surface area contributed by atoms with Gasteiger partial charge in [-0.25, -0.2) is 13.1 Å². The average Bonchev–Trinajstić information content (AvgIpc) is 2.37. The number of piperidine rings is 1. The zero-order valence-electron chi connectivity index (χ0n) is 11.2. The van der Waals surface area contributed by atoms with Crippen LogP contribution in [0, 0.1) is 0 Å². The largest absolute Gasteiger partial charge is 0.296 e. The van der Waals surface area contributed by atoms with Crippen LogP contribution < -0.4 is 4.72 Å². The highest BCUT2D eigenvalue weighted by Crippen LogP contribution is 2.36. The summed E-state index contributed by atoms with van der Waals surface area (Å²) in [5.74, 6) is 0. The number of nitrogens with one attached hydrogen (secondary N) is 1. The molecular formula is C14H20N2O2S. The number of fused-ring (bicyclic) bond motifs is 3. The number of rotatable bonds is 2. The molecule has 2 atom stereocenters. The third kappa shape index (κ3) is 2.83. The Balaban J connectivity index is 1.82. The van der Waals surface area contributed by atoms with Gasteiger partial charge in [-0.05, 0) is 30.4 Å². The second-order valence-corrected chi connectivity index (χ2v) is 7.39. The van der Waals surface area contributed by atoms with Crippen molar-refractivity contribution in [2.75, 3.05) is 19.3 Å². The number of hydrogen-bond acceptors (Lipinski definition) is 3. The van der Waals surface area contributed by atoms with Crippen molar-refractivity contribution in [1.29, 1.82) is 0 Å². The molecule has 0 saturated carbocycles. The molecule has 1 aromatic rings. The monoisotopic (exact) mass is 280 g/mol. The Labute approximate surface area is 114 Å². The van der Waals surface area contributed by atoms with Crippen molar-refractivity contribution in [3.05, 3.63) is 35.4 Å². The third-order valence-electron chi connectivity index (χ3n) is 4.18. The van der Waals surface area contributed by atoms with Gasteiger partial charge < -0.3 is 0 Å². The van der Waals surface area contributed by atoms with Gasteiger partial charge in [0.1, 0.15) is 0 Å². The van der Waals surface area contributed by atoms with Gasteiger partial charge in [0.15, 0.2) is 0 Å². The smallest absolute Gasteiger partial charge is 0.208 e. The van der Waals surface area contributed by atoms with Crippen molar-refractivity contribution < 1.29 is 8.42 Å². The maximum Gasteiger partial charge on any atom is 0.208 e. The first-order chi connectivity index (χ1) is 9.03. The van der Waals surface area contributed by atoms with Crippen LogP contribution in [0.25, 0.3) is 0 Å². The van der Waals surface area contributed by atoms with Gasteiger partial charge >= 0.3 is 0 Å². The molecule has 0 spiro atoms. The first-order valence-electron chi connectivity index (χ1n) is 6.82. The van der Waals surface area contributed by atoms with Crippen LogP contribution in [-0.4, -0.2) is 38.7 Å². The minimum atomic E-state index is -3.11. The van der Waals surface area contributed by atoms with Gasteiger partial charge in [-0.2, -0.15) is 0 Å². The number of nitrogens with zero attached hydrogens (tertiary/aromatic N) is 1. The van der Waals surface area contributed by atoms with E-state index in [1.807, 2.05) is 0 Å². The molecule has 0 radical (unpaired) electrons. The fourth-order valence-corrected chi connectivity index (χ4v) is 4.19. The van der Waals surface area contributed by atoms with Gasteiger partial charge in [-0.3, -0.25) is 4.90 Å². The van der Waals surface area contributed by atoms with E-state index in [2.05, 4.69) is 33.9 Å². The summed E-state index contributed by atoms with van der Waals surface area (Å²) in [4.78, 5) is 2.49. The second kappa shape index (κ2) is 4.89. The Hall–Kier alpha value is -0.910. The minimum Gasteiger partial charge on any atom is -0.296 e. The standard InChI is InChI=1S/C14H20N2O2S/c1-19(17,18)15-12-7-9-16-8-6-11-4-2-3-5-13(11)14(16)10-12/h2-5,12,14-15H,6-10H2,1H3. The molecule has 2 heterocycles. The van der Waals surface area contributed by atoms with E-state index in [4.69, 9.17) is 0 Å². The van der Waals surface area contributed by atoms with Crippen molar-refractivity contribution >= 4 is 10.0 Å². The van der Waals surface area contributed by atoms with Crippen molar-refractivity contribution in [2.45, 2.75) is 31.3 Å². The molecule has 0 amide bonds. The van der Waals surface area contributed by atoms with E-state index in [0.29, 0.717) is 6.04 Å². The van der Waals surface area contributed by atoms with E-state index < -0.39 is 10.0 Å². The van der Waals surface area contributed by atoms with Crippen molar-refractivity contribution in [3.8, 4) is 0 Å². The second-order valence-electron chi connectivity index (χ2n) is 5.61. The van der Waals surface area contributed by atoms with Crippen LogP contribution in [0.2, 0.25) is 0 Å². The zero-order valence-corrected chi connectivity index (χ0v) is 12.0. The maximum atomic E-state index is 11.4. The van der Waals surface area contributed by atoms with E-state index in [9.17, 15) is 8.42 Å². The molecule has 0 aliphatic carbocycles. The maximum absolute atomic E-state index is 11.4. The third-order valence-corrected chi connectivity index (χ3v) is 4.94. The highest BCUT2D eigenvalue weighted by Gasteiger charge is 2.33. The topological polar surface area (TPSA) is 49.4 Å². The molecule has 0 bridgehead atoms. The normalized spacial score (nSPS) is 27.6. The van der Waals surface area contributed by atoms with E-state index in [1.165, 1.54) is 17.4 Å². The summed E-state index contributed by atoms with van der Waals surface area (Å²) in [5.41, 5.74) is 2.80. The summed E-state index contributed by atoms with van der Waals surface area (Å²) in [5, 5.41) is 0. The highest BCUT2D eigenvalue weighted by molar-refractivity contribution is 7.88. The first kappa shape index (κ1) is 13.1. The SMILES string of the molecule is CS(=O)(=O)NC1CCN2CCc3ccccc3C2C1. The van der Waals surface area contributed by atoms with Crippen molar-refractivity contribution in [3.63, 3.8) is 0 Å². The molecule has 1 saturated heterocycles. The zero-order chi connectivity index (χ0) is 13.5. The van der Waals surface area contributed by atoms with Gasteiger partial charge in [0.25, 0.3) is 0 Å². The minimum absolute atomic E-state index is 0.0717. The van der Waals surface area contributed by atoms with Gasteiger partial charge in [0.05, 0.1) is 6.26 Å². The van der Waals surface area contributed by atoms with E-state index in [0.717, 1.165) is 32.4 Å². The Bertz CT molecular complexity index is 571. The first-order valence-corrected chi connectivity index (χ1v) is 8.71. The summed E-state index contributed by atoms with van der Waals surface area (Å²) in [6.07, 6.45) is 4.14. The number of sulfonamides is 1. The predicted molar refractivity (Wildman–Crippen MR) is 75.5 cm³/mol. The van der Waals surface area contributed by atoms with Crippen LogP contribution in [0.1, 0.15) is 30.0 Å². The lowest BCUT2D eigenvalue weighted by atomic mass is 9.85. The summed E-state index contributed by atoms with van der Waals surface area (Å²) < 4.78 is 25.5. The molecule has 19 heavy (non-hydrogen) atoms. The summed E-state index contributed by atoms with van der Waals surface area (Å²) in [6.45, 7) is 2.07. The molecule has 4 nitrogen and oxygen atoms in total. The average molecular weight is 280 g/mol.